The fourth-order valence-electron chi connectivity index (χ4n) is 2.06. The van der Waals surface area contributed by atoms with E-state index in [1.165, 1.54) is 6.33 Å². The Bertz CT molecular complexity index is 470. The van der Waals surface area contributed by atoms with E-state index >= 15 is 0 Å². The SMILES string of the molecule is CCCNc1ncnc(N(CCC#N)CC(C)C)c1OC. The Hall–Kier alpha value is -2.03. The summed E-state index contributed by atoms with van der Waals surface area (Å²) in [5.41, 5.74) is 0. The predicted octanol–water partition coefficient (Wildman–Crippen LogP) is 2.68. The van der Waals surface area contributed by atoms with Gasteiger partial charge >= 0.3 is 0 Å². The molecule has 0 radical (unpaired) electrons. The Kier molecular flexibility index (Phi) is 7.30. The number of hydrogen-bond acceptors (Lipinski definition) is 6. The monoisotopic (exact) mass is 291 g/mol. The molecule has 1 N–H and O–H groups in total. The number of nitriles is 1. The molecule has 0 fully saturated rings. The second kappa shape index (κ2) is 9.01. The molecule has 0 aliphatic rings. The Morgan fingerprint density at radius 1 is 1.43 bits per heavy atom. The molecule has 0 atom stereocenters. The highest BCUT2D eigenvalue weighted by Gasteiger charge is 2.18. The van der Waals surface area contributed by atoms with E-state index in [-0.39, 0.29) is 0 Å². The molecule has 0 spiro atoms. The third-order valence-electron chi connectivity index (χ3n) is 2.91. The average molecular weight is 291 g/mol. The number of hydrogen-bond donors (Lipinski definition) is 1. The Morgan fingerprint density at radius 2 is 2.19 bits per heavy atom. The maximum Gasteiger partial charge on any atom is 0.204 e. The van der Waals surface area contributed by atoms with Gasteiger partial charge in [-0.15, -0.1) is 0 Å². The highest BCUT2D eigenvalue weighted by Crippen LogP contribution is 2.32. The summed E-state index contributed by atoms with van der Waals surface area (Å²) in [6.07, 6.45) is 3.00. The first-order chi connectivity index (χ1) is 10.1. The van der Waals surface area contributed by atoms with E-state index in [2.05, 4.69) is 47.0 Å². The Morgan fingerprint density at radius 3 is 2.76 bits per heavy atom. The van der Waals surface area contributed by atoms with Crippen LogP contribution in [0.2, 0.25) is 0 Å². The van der Waals surface area contributed by atoms with Crippen molar-refractivity contribution in [2.45, 2.75) is 33.6 Å². The van der Waals surface area contributed by atoms with E-state index in [4.69, 9.17) is 10.00 Å². The van der Waals surface area contributed by atoms with Crippen molar-refractivity contribution in [3.8, 4) is 11.8 Å². The van der Waals surface area contributed by atoms with Gasteiger partial charge in [-0.25, -0.2) is 9.97 Å². The van der Waals surface area contributed by atoms with Gasteiger partial charge < -0.3 is 15.0 Å². The zero-order valence-corrected chi connectivity index (χ0v) is 13.4. The molecular weight excluding hydrogens is 266 g/mol. The molecular formula is C15H25N5O. The lowest BCUT2D eigenvalue weighted by Gasteiger charge is -2.26. The molecule has 1 aromatic rings. The fourth-order valence-corrected chi connectivity index (χ4v) is 2.06. The number of methoxy groups -OCH3 is 1. The van der Waals surface area contributed by atoms with E-state index in [1.54, 1.807) is 7.11 Å². The van der Waals surface area contributed by atoms with Gasteiger partial charge in [0.1, 0.15) is 6.33 Å². The zero-order chi connectivity index (χ0) is 15.7. The molecule has 0 aliphatic carbocycles. The van der Waals surface area contributed by atoms with Gasteiger partial charge in [-0.3, -0.25) is 0 Å². The van der Waals surface area contributed by atoms with Crippen molar-refractivity contribution >= 4 is 11.6 Å². The van der Waals surface area contributed by atoms with Crippen LogP contribution in [-0.4, -0.2) is 36.7 Å². The van der Waals surface area contributed by atoms with Crippen molar-refractivity contribution in [3.63, 3.8) is 0 Å². The highest BCUT2D eigenvalue weighted by atomic mass is 16.5. The molecule has 0 saturated carbocycles. The van der Waals surface area contributed by atoms with Crippen molar-refractivity contribution in [2.24, 2.45) is 5.92 Å². The van der Waals surface area contributed by atoms with Crippen LogP contribution in [0.15, 0.2) is 6.33 Å². The predicted molar refractivity (Wildman–Crippen MR) is 84.6 cm³/mol. The summed E-state index contributed by atoms with van der Waals surface area (Å²) in [5.74, 6) is 2.56. The van der Waals surface area contributed by atoms with Crippen molar-refractivity contribution in [1.82, 2.24) is 9.97 Å². The van der Waals surface area contributed by atoms with Gasteiger partial charge in [0, 0.05) is 19.6 Å². The molecule has 0 saturated heterocycles. The molecule has 0 aromatic carbocycles. The second-order valence-electron chi connectivity index (χ2n) is 5.25. The topological polar surface area (TPSA) is 74.1 Å². The third-order valence-corrected chi connectivity index (χ3v) is 2.91. The van der Waals surface area contributed by atoms with E-state index in [1.807, 2.05) is 0 Å². The number of nitrogens with one attached hydrogen (secondary N) is 1. The molecule has 116 valence electrons. The van der Waals surface area contributed by atoms with Crippen molar-refractivity contribution in [2.75, 3.05) is 37.0 Å². The molecule has 0 unspecified atom stereocenters. The van der Waals surface area contributed by atoms with E-state index < -0.39 is 0 Å². The molecule has 1 aromatic heterocycles. The van der Waals surface area contributed by atoms with Gasteiger partial charge in [-0.2, -0.15) is 5.26 Å². The maximum atomic E-state index is 8.84. The lowest BCUT2D eigenvalue weighted by molar-refractivity contribution is 0.411. The van der Waals surface area contributed by atoms with Crippen LogP contribution in [0.5, 0.6) is 5.75 Å². The number of aromatic nitrogens is 2. The Labute approximate surface area is 127 Å². The van der Waals surface area contributed by atoms with Gasteiger partial charge in [0.25, 0.3) is 0 Å². The highest BCUT2D eigenvalue weighted by molar-refractivity contribution is 5.64. The lowest BCUT2D eigenvalue weighted by Crippen LogP contribution is -2.30. The maximum absolute atomic E-state index is 8.84. The van der Waals surface area contributed by atoms with E-state index in [0.717, 1.165) is 25.3 Å². The second-order valence-corrected chi connectivity index (χ2v) is 5.25. The minimum Gasteiger partial charge on any atom is -0.490 e. The van der Waals surface area contributed by atoms with Crippen molar-refractivity contribution < 1.29 is 4.74 Å². The van der Waals surface area contributed by atoms with Crippen LogP contribution in [0.4, 0.5) is 11.6 Å². The van der Waals surface area contributed by atoms with Crippen LogP contribution >= 0.6 is 0 Å². The normalized spacial score (nSPS) is 10.3. The summed E-state index contributed by atoms with van der Waals surface area (Å²) in [6, 6.07) is 2.19. The third kappa shape index (κ3) is 5.10. The molecule has 0 bridgehead atoms. The van der Waals surface area contributed by atoms with Gasteiger partial charge in [0.05, 0.1) is 19.6 Å². The smallest absolute Gasteiger partial charge is 0.204 e. The quantitative estimate of drug-likeness (QED) is 0.754. The molecule has 0 amide bonds. The minimum absolute atomic E-state index is 0.456. The zero-order valence-electron chi connectivity index (χ0n) is 13.4. The number of anilines is 2. The van der Waals surface area contributed by atoms with Crippen LogP contribution in [0.1, 0.15) is 33.6 Å². The largest absolute Gasteiger partial charge is 0.490 e. The molecule has 6 nitrogen and oxygen atoms in total. The van der Waals surface area contributed by atoms with Crippen molar-refractivity contribution in [1.29, 1.82) is 5.26 Å². The number of ether oxygens (including phenoxy) is 1. The summed E-state index contributed by atoms with van der Waals surface area (Å²) in [4.78, 5) is 10.7. The van der Waals surface area contributed by atoms with Crippen LogP contribution in [0, 0.1) is 17.2 Å². The summed E-state index contributed by atoms with van der Waals surface area (Å²) < 4.78 is 5.50. The molecule has 6 heteroatoms. The Balaban J connectivity index is 3.07. The first-order valence-electron chi connectivity index (χ1n) is 7.38. The molecule has 1 heterocycles. The van der Waals surface area contributed by atoms with Crippen molar-refractivity contribution in [3.05, 3.63) is 6.33 Å². The summed E-state index contributed by atoms with van der Waals surface area (Å²) in [6.45, 7) is 8.67. The fraction of sp³-hybridized carbons (Fsp3) is 0.667. The van der Waals surface area contributed by atoms with Crippen LogP contribution < -0.4 is 15.0 Å². The number of nitrogens with zero attached hydrogens (tertiary/aromatic N) is 4. The standard InChI is InChI=1S/C15H25N5O/c1-5-8-17-14-13(21-4)15(19-11-18-14)20(9-6-7-16)10-12(2)3/h11-12H,5-6,8-10H2,1-4H3,(H,17,18,19). The average Bonchev–Trinajstić information content (AvgIpc) is 2.48. The first kappa shape index (κ1) is 17.0. The van der Waals surface area contributed by atoms with Crippen LogP contribution in [-0.2, 0) is 0 Å². The summed E-state index contributed by atoms with van der Waals surface area (Å²) in [7, 11) is 1.62. The lowest BCUT2D eigenvalue weighted by atomic mass is 10.2. The molecule has 21 heavy (non-hydrogen) atoms. The minimum atomic E-state index is 0.456. The summed E-state index contributed by atoms with van der Waals surface area (Å²) >= 11 is 0. The molecule has 1 rings (SSSR count). The van der Waals surface area contributed by atoms with E-state index in [0.29, 0.717) is 30.5 Å². The first-order valence-corrected chi connectivity index (χ1v) is 7.38. The van der Waals surface area contributed by atoms with Gasteiger partial charge in [0.2, 0.25) is 5.75 Å². The van der Waals surface area contributed by atoms with Crippen LogP contribution in [0.3, 0.4) is 0 Å². The van der Waals surface area contributed by atoms with Gasteiger partial charge in [-0.1, -0.05) is 20.8 Å². The van der Waals surface area contributed by atoms with Gasteiger partial charge in [0.15, 0.2) is 11.6 Å². The van der Waals surface area contributed by atoms with Crippen LogP contribution in [0.25, 0.3) is 0 Å². The molecule has 0 aliphatic heterocycles. The van der Waals surface area contributed by atoms with E-state index in [9.17, 15) is 0 Å². The summed E-state index contributed by atoms with van der Waals surface area (Å²) in [5, 5.41) is 12.1. The van der Waals surface area contributed by atoms with Gasteiger partial charge in [-0.05, 0) is 12.3 Å². The number of rotatable bonds is 9.